The number of rotatable bonds is 6. The van der Waals surface area contributed by atoms with Gasteiger partial charge in [-0.25, -0.2) is 4.98 Å². The van der Waals surface area contributed by atoms with Crippen LogP contribution in [0.4, 0.5) is 0 Å². The lowest BCUT2D eigenvalue weighted by Gasteiger charge is -2.06. The minimum Gasteiger partial charge on any atom is -0.462 e. The first kappa shape index (κ1) is 17.4. The van der Waals surface area contributed by atoms with Crippen molar-refractivity contribution in [3.8, 4) is 10.8 Å². The predicted octanol–water partition coefficient (Wildman–Crippen LogP) is 3.64. The van der Waals surface area contributed by atoms with Crippen molar-refractivity contribution in [1.29, 1.82) is 0 Å². The first-order valence-corrected chi connectivity index (χ1v) is 8.97. The normalized spacial score (nSPS) is 10.4. The Bertz CT molecular complexity index is 876. The number of hydrogen-bond donors (Lipinski definition) is 1. The van der Waals surface area contributed by atoms with E-state index in [1.165, 1.54) is 11.3 Å². The second kappa shape index (κ2) is 8.09. The summed E-state index contributed by atoms with van der Waals surface area (Å²) in [6.45, 7) is -0.163. The topological polar surface area (TPSA) is 81.4 Å². The second-order valence-corrected chi connectivity index (χ2v) is 6.75. The molecule has 0 unspecified atom stereocenters. The van der Waals surface area contributed by atoms with Crippen LogP contribution in [0.25, 0.3) is 10.8 Å². The molecule has 3 rings (SSSR count). The van der Waals surface area contributed by atoms with Crippen molar-refractivity contribution < 1.29 is 18.7 Å². The predicted molar refractivity (Wildman–Crippen MR) is 96.1 cm³/mol. The van der Waals surface area contributed by atoms with Gasteiger partial charge in [-0.1, -0.05) is 22.0 Å². The maximum atomic E-state index is 11.9. The fourth-order valence-corrected chi connectivity index (χ4v) is 3.15. The molecule has 0 radical (unpaired) electrons. The van der Waals surface area contributed by atoms with Crippen molar-refractivity contribution in [2.45, 2.75) is 6.61 Å². The number of carbonyl (C=O) groups is 2. The fourth-order valence-electron chi connectivity index (χ4n) is 1.98. The molecule has 2 aromatic heterocycles. The van der Waals surface area contributed by atoms with Crippen molar-refractivity contribution in [2.75, 3.05) is 6.54 Å². The van der Waals surface area contributed by atoms with Crippen LogP contribution in [0.15, 0.2) is 56.9 Å². The molecule has 0 fully saturated rings. The molecule has 1 amide bonds. The molecule has 6 nitrogen and oxygen atoms in total. The van der Waals surface area contributed by atoms with Crippen LogP contribution in [0.5, 0.6) is 0 Å². The third kappa shape index (κ3) is 4.77. The summed E-state index contributed by atoms with van der Waals surface area (Å²) in [6.07, 6.45) is 1.57. The number of aromatic nitrogens is 1. The van der Waals surface area contributed by atoms with Crippen LogP contribution in [0.1, 0.15) is 16.1 Å². The molecule has 0 bridgehead atoms. The molecule has 0 atom stereocenters. The van der Waals surface area contributed by atoms with Gasteiger partial charge in [0.15, 0.2) is 10.8 Å². The molecular formula is C17H13BrN2O4S. The SMILES string of the molecule is O=C(CNC(=O)c1cccc(Br)c1)OCc1csc(-c2ccco2)n1. The van der Waals surface area contributed by atoms with E-state index in [2.05, 4.69) is 26.2 Å². The summed E-state index contributed by atoms with van der Waals surface area (Å²) in [7, 11) is 0. The molecule has 2 heterocycles. The minimum atomic E-state index is -0.532. The summed E-state index contributed by atoms with van der Waals surface area (Å²) < 4.78 is 11.2. The number of furan rings is 1. The highest BCUT2D eigenvalue weighted by Gasteiger charge is 2.11. The number of nitrogens with one attached hydrogen (secondary N) is 1. The lowest BCUT2D eigenvalue weighted by atomic mass is 10.2. The monoisotopic (exact) mass is 420 g/mol. The minimum absolute atomic E-state index is 0.0444. The van der Waals surface area contributed by atoms with E-state index in [0.717, 1.165) is 9.48 Å². The average Bonchev–Trinajstić information content (AvgIpc) is 3.29. The number of nitrogens with zero attached hydrogens (tertiary/aromatic N) is 1. The zero-order valence-corrected chi connectivity index (χ0v) is 15.3. The lowest BCUT2D eigenvalue weighted by Crippen LogP contribution is -2.30. The van der Waals surface area contributed by atoms with Gasteiger partial charge in [-0.05, 0) is 30.3 Å². The van der Waals surface area contributed by atoms with Crippen molar-refractivity contribution in [1.82, 2.24) is 10.3 Å². The summed E-state index contributed by atoms with van der Waals surface area (Å²) in [5.74, 6) is -0.202. The Balaban J connectivity index is 1.46. The van der Waals surface area contributed by atoms with E-state index in [1.54, 1.807) is 35.9 Å². The van der Waals surface area contributed by atoms with Crippen molar-refractivity contribution in [2.24, 2.45) is 0 Å². The quantitative estimate of drug-likeness (QED) is 0.615. The number of halogens is 1. The Morgan fingerprint density at radius 3 is 2.92 bits per heavy atom. The van der Waals surface area contributed by atoms with Gasteiger partial charge in [-0.3, -0.25) is 9.59 Å². The molecule has 1 N–H and O–H groups in total. The van der Waals surface area contributed by atoms with Gasteiger partial charge in [-0.15, -0.1) is 11.3 Å². The molecule has 0 spiro atoms. The number of benzene rings is 1. The van der Waals surface area contributed by atoms with E-state index in [0.29, 0.717) is 17.0 Å². The summed E-state index contributed by atoms with van der Waals surface area (Å²) in [5.41, 5.74) is 1.09. The summed E-state index contributed by atoms with van der Waals surface area (Å²) >= 11 is 4.70. The summed E-state index contributed by atoms with van der Waals surface area (Å²) in [4.78, 5) is 28.0. The molecule has 8 heteroatoms. The third-order valence-electron chi connectivity index (χ3n) is 3.14. The second-order valence-electron chi connectivity index (χ2n) is 4.98. The highest BCUT2D eigenvalue weighted by molar-refractivity contribution is 9.10. The molecule has 25 heavy (non-hydrogen) atoms. The molecular weight excluding hydrogens is 408 g/mol. The Kier molecular flexibility index (Phi) is 5.62. The summed E-state index contributed by atoms with van der Waals surface area (Å²) in [6, 6.07) is 10.5. The summed E-state index contributed by atoms with van der Waals surface area (Å²) in [5, 5.41) is 5.04. The largest absolute Gasteiger partial charge is 0.462 e. The van der Waals surface area contributed by atoms with Gasteiger partial charge in [0, 0.05) is 15.4 Å². The van der Waals surface area contributed by atoms with Crippen molar-refractivity contribution in [3.05, 3.63) is 63.8 Å². The molecule has 0 saturated heterocycles. The lowest BCUT2D eigenvalue weighted by molar-refractivity contribution is -0.143. The van der Waals surface area contributed by atoms with Crippen LogP contribution in [0.2, 0.25) is 0 Å². The molecule has 0 aliphatic carbocycles. The number of ether oxygens (including phenoxy) is 1. The zero-order chi connectivity index (χ0) is 17.6. The smallest absolute Gasteiger partial charge is 0.325 e. The Morgan fingerprint density at radius 2 is 2.16 bits per heavy atom. The van der Waals surface area contributed by atoms with E-state index < -0.39 is 5.97 Å². The molecule has 0 saturated carbocycles. The van der Waals surface area contributed by atoms with E-state index >= 15 is 0 Å². The first-order valence-electron chi connectivity index (χ1n) is 7.29. The number of carbonyl (C=O) groups excluding carboxylic acids is 2. The van der Waals surface area contributed by atoms with E-state index in [1.807, 2.05) is 12.1 Å². The molecule has 128 valence electrons. The molecule has 3 aromatic rings. The van der Waals surface area contributed by atoms with Crippen LogP contribution in [0.3, 0.4) is 0 Å². The van der Waals surface area contributed by atoms with Crippen LogP contribution >= 0.6 is 27.3 Å². The Hall–Kier alpha value is -2.45. The zero-order valence-electron chi connectivity index (χ0n) is 12.9. The van der Waals surface area contributed by atoms with E-state index in [9.17, 15) is 9.59 Å². The Labute approximate surface area is 156 Å². The van der Waals surface area contributed by atoms with Crippen molar-refractivity contribution >= 4 is 39.1 Å². The van der Waals surface area contributed by atoms with Crippen LogP contribution in [-0.4, -0.2) is 23.4 Å². The number of hydrogen-bond acceptors (Lipinski definition) is 6. The standard InChI is InChI=1S/C17H13BrN2O4S/c18-12-4-1-3-11(7-12)16(22)19-8-15(21)24-9-13-10-25-17(20-13)14-5-2-6-23-14/h1-7,10H,8-9H2,(H,19,22). The van der Waals surface area contributed by atoms with Gasteiger partial charge in [0.1, 0.15) is 13.2 Å². The van der Waals surface area contributed by atoms with Gasteiger partial charge in [0.05, 0.1) is 12.0 Å². The maximum absolute atomic E-state index is 11.9. The highest BCUT2D eigenvalue weighted by atomic mass is 79.9. The first-order chi connectivity index (χ1) is 12.1. The average molecular weight is 421 g/mol. The van der Waals surface area contributed by atoms with Crippen LogP contribution in [-0.2, 0) is 16.1 Å². The van der Waals surface area contributed by atoms with Gasteiger partial charge >= 0.3 is 5.97 Å². The number of amides is 1. The van der Waals surface area contributed by atoms with Gasteiger partial charge in [0.25, 0.3) is 5.91 Å². The molecule has 0 aliphatic rings. The highest BCUT2D eigenvalue weighted by Crippen LogP contribution is 2.24. The van der Waals surface area contributed by atoms with E-state index in [-0.39, 0.29) is 19.1 Å². The van der Waals surface area contributed by atoms with Gasteiger partial charge in [0.2, 0.25) is 0 Å². The molecule has 1 aromatic carbocycles. The maximum Gasteiger partial charge on any atom is 0.325 e. The van der Waals surface area contributed by atoms with Crippen molar-refractivity contribution in [3.63, 3.8) is 0 Å². The Morgan fingerprint density at radius 1 is 1.28 bits per heavy atom. The molecule has 0 aliphatic heterocycles. The van der Waals surface area contributed by atoms with Crippen LogP contribution in [0, 0.1) is 0 Å². The number of esters is 1. The van der Waals surface area contributed by atoms with Gasteiger partial charge in [-0.2, -0.15) is 0 Å². The third-order valence-corrected chi connectivity index (χ3v) is 4.54. The fraction of sp³-hybridized carbons (Fsp3) is 0.118. The van der Waals surface area contributed by atoms with Crippen LogP contribution < -0.4 is 5.32 Å². The number of thiazole rings is 1. The van der Waals surface area contributed by atoms with Gasteiger partial charge < -0.3 is 14.5 Å². The van der Waals surface area contributed by atoms with E-state index in [4.69, 9.17) is 9.15 Å².